The summed E-state index contributed by atoms with van der Waals surface area (Å²) < 4.78 is 0. The Morgan fingerprint density at radius 2 is 1.58 bits per heavy atom. The normalized spacial score (nSPS) is 12.1. The summed E-state index contributed by atoms with van der Waals surface area (Å²) in [5.41, 5.74) is 6.64. The first kappa shape index (κ1) is 22.1. The largest absolute Gasteiger partial charge is 0.344 e. The van der Waals surface area contributed by atoms with Crippen LogP contribution in [0.5, 0.6) is 0 Å². The summed E-state index contributed by atoms with van der Waals surface area (Å²) in [7, 11) is 1.94. The molecule has 0 unspecified atom stereocenters. The Balaban J connectivity index is 0.00000529. The number of rotatable bonds is 6. The predicted molar refractivity (Wildman–Crippen MR) is 99.7 cm³/mol. The van der Waals surface area contributed by atoms with Gasteiger partial charge in [-0.05, 0) is 51.3 Å². The van der Waals surface area contributed by atoms with Crippen molar-refractivity contribution < 1.29 is 17.1 Å². The summed E-state index contributed by atoms with van der Waals surface area (Å²) in [6.07, 6.45) is 3.94. The van der Waals surface area contributed by atoms with E-state index in [-0.39, 0.29) is 17.1 Å². The van der Waals surface area contributed by atoms with Crippen LogP contribution in [0.4, 0.5) is 5.69 Å². The van der Waals surface area contributed by atoms with E-state index in [2.05, 4.69) is 23.4 Å². The molecule has 129 valence electrons. The van der Waals surface area contributed by atoms with Crippen LogP contribution < -0.4 is 0 Å². The number of nitrogens with zero attached hydrogens (tertiary/aromatic N) is 3. The summed E-state index contributed by atoms with van der Waals surface area (Å²) >= 11 is 0. The third-order valence-electron chi connectivity index (χ3n) is 3.96. The first-order chi connectivity index (χ1) is 10.8. The van der Waals surface area contributed by atoms with Crippen LogP contribution in [-0.4, -0.2) is 11.9 Å². The van der Waals surface area contributed by atoms with Gasteiger partial charge in [-0.1, -0.05) is 43.5 Å². The molecule has 0 heterocycles. The van der Waals surface area contributed by atoms with E-state index in [9.17, 15) is 0 Å². The van der Waals surface area contributed by atoms with Crippen LogP contribution in [0.3, 0.4) is 0 Å². The molecule has 0 atom stereocenters. The molecule has 0 N–H and O–H groups in total. The number of azo groups is 1. The molecule has 0 amide bonds. The Labute approximate surface area is 157 Å². The van der Waals surface area contributed by atoms with Crippen molar-refractivity contribution in [1.29, 1.82) is 0 Å². The van der Waals surface area contributed by atoms with Gasteiger partial charge in [-0.2, -0.15) is 0 Å². The molecule has 24 heavy (non-hydrogen) atoms. The van der Waals surface area contributed by atoms with Crippen LogP contribution in [0.25, 0.3) is 0 Å². The van der Waals surface area contributed by atoms with Crippen molar-refractivity contribution in [2.24, 2.45) is 10.2 Å². The minimum Gasteiger partial charge on any atom is -0.344 e. The molecule has 0 saturated heterocycles. The fraction of sp³-hybridized carbons (Fsp3) is 0.300. The number of benzene rings is 1. The number of aryl methyl sites for hydroxylation is 2. The van der Waals surface area contributed by atoms with Gasteiger partial charge in [0.15, 0.2) is 0 Å². The molecule has 0 fully saturated rings. The minimum absolute atomic E-state index is 0. The van der Waals surface area contributed by atoms with Crippen molar-refractivity contribution in [3.63, 3.8) is 0 Å². The zero-order chi connectivity index (χ0) is 17.6. The quantitative estimate of drug-likeness (QED) is 0.335. The van der Waals surface area contributed by atoms with Gasteiger partial charge in [-0.3, -0.25) is 0 Å². The summed E-state index contributed by atoms with van der Waals surface area (Å²) in [6.45, 7) is 18.3. The molecule has 0 aliphatic rings. The predicted octanol–water partition coefficient (Wildman–Crippen LogP) is 6.21. The molecule has 0 bridgehead atoms. The molecule has 0 saturated carbocycles. The molecule has 1 aromatic rings. The molecule has 4 heteroatoms. The second-order valence-electron chi connectivity index (χ2n) is 5.54. The van der Waals surface area contributed by atoms with Gasteiger partial charge in [0.05, 0.1) is 11.4 Å². The Morgan fingerprint density at radius 1 is 1.04 bits per heavy atom. The van der Waals surface area contributed by atoms with E-state index in [0.29, 0.717) is 0 Å². The molecule has 0 spiro atoms. The summed E-state index contributed by atoms with van der Waals surface area (Å²) in [4.78, 5) is 1.94. The Kier molecular flexibility index (Phi) is 9.27. The van der Waals surface area contributed by atoms with Crippen molar-refractivity contribution in [1.82, 2.24) is 4.90 Å². The summed E-state index contributed by atoms with van der Waals surface area (Å²) in [5, 5.41) is 8.84. The van der Waals surface area contributed by atoms with Crippen molar-refractivity contribution >= 4 is 5.69 Å². The van der Waals surface area contributed by atoms with Gasteiger partial charge in [0.1, 0.15) is 5.70 Å². The molecule has 1 rings (SSSR count). The maximum absolute atomic E-state index is 4.43. The van der Waals surface area contributed by atoms with Crippen LogP contribution in [0.2, 0.25) is 0 Å². The molecular formula is C20H27MnN3. The second-order valence-corrected chi connectivity index (χ2v) is 5.54. The smallest absolute Gasteiger partial charge is 0.104 e. The monoisotopic (exact) mass is 364 g/mol. The van der Waals surface area contributed by atoms with E-state index in [4.69, 9.17) is 0 Å². The Bertz CT molecular complexity index is 677. The van der Waals surface area contributed by atoms with Crippen LogP contribution in [0.15, 0.2) is 76.4 Å². The van der Waals surface area contributed by atoms with E-state index < -0.39 is 0 Å². The summed E-state index contributed by atoms with van der Waals surface area (Å²) in [6, 6.07) is 6.10. The average Bonchev–Trinajstić information content (AvgIpc) is 2.55. The van der Waals surface area contributed by atoms with E-state index in [0.717, 1.165) is 39.5 Å². The SMILES string of the molecule is C=C(/C(C)=C\C)N(C)C(=C)/C(=C\C)N=Nc1c(C)cccc1C.[Mn]. The number of hydrogen-bond donors (Lipinski definition) is 0. The van der Waals surface area contributed by atoms with Crippen LogP contribution in [-0.2, 0) is 17.1 Å². The van der Waals surface area contributed by atoms with Crippen molar-refractivity contribution in [2.45, 2.75) is 34.6 Å². The van der Waals surface area contributed by atoms with Gasteiger partial charge >= 0.3 is 0 Å². The van der Waals surface area contributed by atoms with Crippen LogP contribution in [0.1, 0.15) is 31.9 Å². The fourth-order valence-corrected chi connectivity index (χ4v) is 2.12. The van der Waals surface area contributed by atoms with Crippen LogP contribution >= 0.6 is 0 Å². The maximum atomic E-state index is 4.43. The first-order valence-corrected chi connectivity index (χ1v) is 7.72. The van der Waals surface area contributed by atoms with E-state index in [1.54, 1.807) is 0 Å². The number of allylic oxidation sites excluding steroid dienone is 3. The maximum Gasteiger partial charge on any atom is 0.104 e. The third-order valence-corrected chi connectivity index (χ3v) is 3.96. The topological polar surface area (TPSA) is 28.0 Å². The summed E-state index contributed by atoms with van der Waals surface area (Å²) in [5.74, 6) is 0. The van der Waals surface area contributed by atoms with Crippen molar-refractivity contribution in [3.05, 3.63) is 77.3 Å². The van der Waals surface area contributed by atoms with E-state index in [1.165, 1.54) is 0 Å². The molecule has 1 aromatic carbocycles. The second kappa shape index (κ2) is 10.1. The standard InChI is InChI=1S/C20H27N3.Mn/c1-9-14(3)17(6)23(8)18(7)19(10-2)21-22-20-15(4)12-11-13-16(20)5;/h9-13H,6-7H2,1-5,8H3;/b14-9-,19-10+,22-21?;. The zero-order valence-electron chi connectivity index (χ0n) is 15.5. The molecule has 0 aliphatic heterocycles. The Morgan fingerprint density at radius 3 is 2.04 bits per heavy atom. The molecule has 3 nitrogen and oxygen atoms in total. The fourth-order valence-electron chi connectivity index (χ4n) is 2.12. The van der Waals surface area contributed by atoms with E-state index >= 15 is 0 Å². The number of likely N-dealkylation sites (N-methyl/N-ethyl adjacent to an activating group) is 1. The molecule has 1 radical (unpaired) electrons. The Hall–Kier alpha value is -1.90. The van der Waals surface area contributed by atoms with Gasteiger partial charge in [-0.15, -0.1) is 10.2 Å². The molecule has 0 aliphatic carbocycles. The van der Waals surface area contributed by atoms with Gasteiger partial charge in [0.2, 0.25) is 0 Å². The minimum atomic E-state index is 0. The average molecular weight is 364 g/mol. The van der Waals surface area contributed by atoms with Crippen LogP contribution in [0, 0.1) is 13.8 Å². The molecule has 0 aromatic heterocycles. The zero-order valence-corrected chi connectivity index (χ0v) is 16.7. The molecular weight excluding hydrogens is 337 g/mol. The van der Waals surface area contributed by atoms with Crippen molar-refractivity contribution in [3.8, 4) is 0 Å². The van der Waals surface area contributed by atoms with Gasteiger partial charge < -0.3 is 4.90 Å². The first-order valence-electron chi connectivity index (χ1n) is 7.72. The van der Waals surface area contributed by atoms with Crippen molar-refractivity contribution in [2.75, 3.05) is 7.05 Å². The van der Waals surface area contributed by atoms with E-state index in [1.807, 2.05) is 76.9 Å². The van der Waals surface area contributed by atoms with Gasteiger partial charge in [0.25, 0.3) is 0 Å². The van der Waals surface area contributed by atoms with Gasteiger partial charge in [0, 0.05) is 29.8 Å². The number of hydrogen-bond acceptors (Lipinski definition) is 3. The third kappa shape index (κ3) is 5.33. The van der Waals surface area contributed by atoms with Gasteiger partial charge in [-0.25, -0.2) is 0 Å².